The molecule has 0 saturated carbocycles. The molecule has 3 aromatic rings. The highest BCUT2D eigenvalue weighted by molar-refractivity contribution is 5.88. The van der Waals surface area contributed by atoms with Gasteiger partial charge in [0.25, 0.3) is 0 Å². The number of rotatable bonds is 0. The first kappa shape index (κ1) is 12.8. The molecule has 0 saturated heterocycles. The summed E-state index contributed by atoms with van der Waals surface area (Å²) in [4.78, 5) is 12.9. The lowest BCUT2D eigenvalue weighted by atomic mass is 9.89. The SMILES string of the molecule is O=c1c2c(oc3c4c(ccc13)OCCO4)-c1ccccc1CC2. The van der Waals surface area contributed by atoms with Crippen LogP contribution in [0.25, 0.3) is 22.3 Å². The average molecular weight is 306 g/mol. The fourth-order valence-electron chi connectivity index (χ4n) is 3.46. The summed E-state index contributed by atoms with van der Waals surface area (Å²) in [5.74, 6) is 1.85. The molecule has 1 aromatic heterocycles. The van der Waals surface area contributed by atoms with Crippen LogP contribution in [-0.4, -0.2) is 13.2 Å². The second-order valence-electron chi connectivity index (χ2n) is 5.86. The minimum absolute atomic E-state index is 0.0349. The number of ether oxygens (including phenoxy) is 2. The van der Waals surface area contributed by atoms with Gasteiger partial charge in [0.1, 0.15) is 19.0 Å². The Morgan fingerprint density at radius 2 is 1.78 bits per heavy atom. The van der Waals surface area contributed by atoms with Crippen LogP contribution >= 0.6 is 0 Å². The van der Waals surface area contributed by atoms with Crippen molar-refractivity contribution >= 4 is 11.0 Å². The summed E-state index contributed by atoms with van der Waals surface area (Å²) in [6, 6.07) is 11.6. The molecule has 0 radical (unpaired) electrons. The van der Waals surface area contributed by atoms with Crippen LogP contribution in [0.2, 0.25) is 0 Å². The first-order valence-electron chi connectivity index (χ1n) is 7.79. The molecule has 0 N–H and O–H groups in total. The van der Waals surface area contributed by atoms with Crippen LogP contribution in [0.1, 0.15) is 11.1 Å². The van der Waals surface area contributed by atoms with Crippen molar-refractivity contribution in [3.05, 3.63) is 57.7 Å². The minimum Gasteiger partial charge on any atom is -0.486 e. The third-order valence-electron chi connectivity index (χ3n) is 4.57. The van der Waals surface area contributed by atoms with E-state index in [-0.39, 0.29) is 5.43 Å². The topological polar surface area (TPSA) is 48.7 Å². The standard InChI is InChI=1S/C19H14O4/c20-16-13-6-5-11-3-1-2-4-12(11)17(13)23-18-14(16)7-8-15-19(18)22-10-9-21-15/h1-4,7-8H,5-6,9-10H2. The number of hydrogen-bond donors (Lipinski definition) is 0. The molecule has 5 rings (SSSR count). The highest BCUT2D eigenvalue weighted by Gasteiger charge is 2.25. The van der Waals surface area contributed by atoms with Gasteiger partial charge in [-0.1, -0.05) is 24.3 Å². The van der Waals surface area contributed by atoms with Crippen molar-refractivity contribution in [2.45, 2.75) is 12.8 Å². The molecule has 0 spiro atoms. The predicted octanol–water partition coefficient (Wildman–Crippen LogP) is 3.33. The molecule has 0 atom stereocenters. The van der Waals surface area contributed by atoms with Gasteiger partial charge in [0.2, 0.25) is 5.75 Å². The van der Waals surface area contributed by atoms with E-state index in [9.17, 15) is 4.79 Å². The lowest BCUT2D eigenvalue weighted by molar-refractivity contribution is 0.172. The average Bonchev–Trinajstić information content (AvgIpc) is 2.61. The molecule has 0 amide bonds. The quantitative estimate of drug-likeness (QED) is 0.639. The summed E-state index contributed by atoms with van der Waals surface area (Å²) in [5, 5.41) is 0.562. The van der Waals surface area contributed by atoms with Crippen LogP contribution in [0.4, 0.5) is 0 Å². The van der Waals surface area contributed by atoms with Crippen LogP contribution in [0.3, 0.4) is 0 Å². The molecule has 4 nitrogen and oxygen atoms in total. The van der Waals surface area contributed by atoms with Gasteiger partial charge in [0.15, 0.2) is 16.8 Å². The van der Waals surface area contributed by atoms with Crippen molar-refractivity contribution < 1.29 is 13.9 Å². The molecule has 114 valence electrons. The van der Waals surface area contributed by atoms with Crippen LogP contribution in [0.15, 0.2) is 45.6 Å². The van der Waals surface area contributed by atoms with E-state index in [1.807, 2.05) is 18.2 Å². The first-order valence-corrected chi connectivity index (χ1v) is 7.79. The maximum Gasteiger partial charge on any atom is 0.205 e. The molecule has 0 fully saturated rings. The molecule has 0 unspecified atom stereocenters. The Morgan fingerprint density at radius 3 is 2.74 bits per heavy atom. The van der Waals surface area contributed by atoms with E-state index in [0.717, 1.165) is 17.5 Å². The lowest BCUT2D eigenvalue weighted by Crippen LogP contribution is -2.19. The van der Waals surface area contributed by atoms with Gasteiger partial charge in [-0.2, -0.15) is 0 Å². The molecule has 23 heavy (non-hydrogen) atoms. The molecule has 4 heteroatoms. The first-order chi connectivity index (χ1) is 11.3. The lowest BCUT2D eigenvalue weighted by Gasteiger charge is -2.22. The van der Waals surface area contributed by atoms with Gasteiger partial charge in [0, 0.05) is 11.1 Å². The Labute approximate surface area is 132 Å². The van der Waals surface area contributed by atoms with E-state index < -0.39 is 0 Å². The summed E-state index contributed by atoms with van der Waals surface area (Å²) in [5.41, 5.74) is 3.50. The van der Waals surface area contributed by atoms with Crippen molar-refractivity contribution in [2.75, 3.05) is 13.2 Å². The van der Waals surface area contributed by atoms with Crippen molar-refractivity contribution in [3.63, 3.8) is 0 Å². The number of fused-ring (bicyclic) bond motifs is 6. The monoisotopic (exact) mass is 306 g/mol. The fraction of sp³-hybridized carbons (Fsp3) is 0.211. The van der Waals surface area contributed by atoms with E-state index in [0.29, 0.717) is 47.9 Å². The van der Waals surface area contributed by atoms with Gasteiger partial charge in [-0.3, -0.25) is 4.79 Å². The fourth-order valence-corrected chi connectivity index (χ4v) is 3.46. The van der Waals surface area contributed by atoms with Gasteiger partial charge in [-0.15, -0.1) is 0 Å². The molecule has 2 aromatic carbocycles. The van der Waals surface area contributed by atoms with Crippen LogP contribution < -0.4 is 14.9 Å². The normalized spacial score (nSPS) is 15.1. The number of aryl methyl sites for hydroxylation is 1. The minimum atomic E-state index is 0.0349. The zero-order valence-corrected chi connectivity index (χ0v) is 12.4. The number of hydrogen-bond acceptors (Lipinski definition) is 4. The van der Waals surface area contributed by atoms with E-state index in [4.69, 9.17) is 13.9 Å². The van der Waals surface area contributed by atoms with Crippen LogP contribution in [0, 0.1) is 0 Å². The molecule has 0 bridgehead atoms. The zero-order chi connectivity index (χ0) is 15.4. The Balaban J connectivity index is 1.89. The molecule has 1 aliphatic carbocycles. The molecular weight excluding hydrogens is 292 g/mol. The highest BCUT2D eigenvalue weighted by atomic mass is 16.6. The smallest absolute Gasteiger partial charge is 0.205 e. The maximum atomic E-state index is 12.9. The van der Waals surface area contributed by atoms with Gasteiger partial charge in [-0.25, -0.2) is 0 Å². The van der Waals surface area contributed by atoms with E-state index >= 15 is 0 Å². The van der Waals surface area contributed by atoms with Gasteiger partial charge in [-0.05, 0) is 30.5 Å². The third kappa shape index (κ3) is 1.75. The molecular formula is C19H14O4. The van der Waals surface area contributed by atoms with Crippen molar-refractivity contribution in [2.24, 2.45) is 0 Å². The Bertz CT molecular complexity index is 1000. The molecule has 1 aliphatic heterocycles. The Kier molecular flexibility index (Phi) is 2.56. The molecule has 2 aliphatic rings. The highest BCUT2D eigenvalue weighted by Crippen LogP contribution is 2.40. The van der Waals surface area contributed by atoms with Crippen molar-refractivity contribution in [3.8, 4) is 22.8 Å². The summed E-state index contributed by atoms with van der Waals surface area (Å²) in [7, 11) is 0. The summed E-state index contributed by atoms with van der Waals surface area (Å²) >= 11 is 0. The van der Waals surface area contributed by atoms with Gasteiger partial charge >= 0.3 is 0 Å². The van der Waals surface area contributed by atoms with Crippen molar-refractivity contribution in [1.82, 2.24) is 0 Å². The van der Waals surface area contributed by atoms with Gasteiger partial charge in [0.05, 0.1) is 5.39 Å². The summed E-state index contributed by atoms with van der Waals surface area (Å²) in [6.07, 6.45) is 1.57. The predicted molar refractivity (Wildman–Crippen MR) is 86.3 cm³/mol. The maximum absolute atomic E-state index is 12.9. The van der Waals surface area contributed by atoms with E-state index in [1.165, 1.54) is 5.56 Å². The zero-order valence-electron chi connectivity index (χ0n) is 12.4. The summed E-state index contributed by atoms with van der Waals surface area (Å²) < 4.78 is 17.5. The van der Waals surface area contributed by atoms with E-state index in [1.54, 1.807) is 12.1 Å². The Hall–Kier alpha value is -2.75. The van der Waals surface area contributed by atoms with Gasteiger partial charge < -0.3 is 13.9 Å². The number of benzene rings is 2. The van der Waals surface area contributed by atoms with Crippen molar-refractivity contribution in [1.29, 1.82) is 0 Å². The van der Waals surface area contributed by atoms with Crippen LogP contribution in [-0.2, 0) is 12.8 Å². The molecule has 2 heterocycles. The summed E-state index contributed by atoms with van der Waals surface area (Å²) in [6.45, 7) is 0.972. The second kappa shape index (κ2) is 4.62. The van der Waals surface area contributed by atoms with E-state index in [2.05, 4.69) is 6.07 Å². The Morgan fingerprint density at radius 1 is 0.913 bits per heavy atom. The third-order valence-corrected chi connectivity index (χ3v) is 4.57. The van der Waals surface area contributed by atoms with Crippen LogP contribution in [0.5, 0.6) is 11.5 Å². The second-order valence-corrected chi connectivity index (χ2v) is 5.86. The largest absolute Gasteiger partial charge is 0.486 e.